The number of rotatable bonds is 0. The van der Waals surface area contributed by atoms with E-state index in [-0.39, 0.29) is 5.91 Å². The minimum absolute atomic E-state index is 0.0892. The van der Waals surface area contributed by atoms with Gasteiger partial charge in [-0.25, -0.2) is 0 Å². The van der Waals surface area contributed by atoms with Crippen molar-refractivity contribution < 1.29 is 9.90 Å². The first kappa shape index (κ1) is 11.7. The number of benzene rings is 2. The molecule has 1 aliphatic heterocycles. The van der Waals surface area contributed by atoms with E-state index in [1.807, 2.05) is 36.4 Å². The summed E-state index contributed by atoms with van der Waals surface area (Å²) in [6.07, 6.45) is 0.496. The smallest absolute Gasteiger partial charge is 0.237 e. The molecule has 1 amide bonds. The Kier molecular flexibility index (Phi) is 2.30. The molecule has 2 aromatic carbocycles. The monoisotopic (exact) mass is 265 g/mol. The predicted molar refractivity (Wildman–Crippen MR) is 76.0 cm³/mol. The van der Waals surface area contributed by atoms with Crippen LogP contribution in [0.1, 0.15) is 24.0 Å². The van der Waals surface area contributed by atoms with Crippen LogP contribution in [0.3, 0.4) is 0 Å². The van der Waals surface area contributed by atoms with Gasteiger partial charge in [0, 0.05) is 0 Å². The number of carbonyl (C=O) groups excluding carboxylic acids is 1. The molecule has 2 N–H and O–H groups in total. The van der Waals surface area contributed by atoms with Crippen LogP contribution in [0.4, 0.5) is 0 Å². The average molecular weight is 265 g/mol. The molecule has 0 saturated carbocycles. The molecule has 1 saturated heterocycles. The van der Waals surface area contributed by atoms with Gasteiger partial charge in [-0.3, -0.25) is 4.79 Å². The summed E-state index contributed by atoms with van der Waals surface area (Å²) in [6, 6.07) is 16.2. The van der Waals surface area contributed by atoms with E-state index >= 15 is 0 Å². The number of aliphatic hydroxyl groups excluding tert-OH is 1. The van der Waals surface area contributed by atoms with Crippen LogP contribution in [-0.2, 0) is 10.2 Å². The lowest BCUT2D eigenvalue weighted by Crippen LogP contribution is -2.53. The van der Waals surface area contributed by atoms with Gasteiger partial charge in [0.2, 0.25) is 5.91 Å². The van der Waals surface area contributed by atoms with Crippen LogP contribution in [0.25, 0.3) is 11.1 Å². The van der Waals surface area contributed by atoms with Crippen molar-refractivity contribution in [3.8, 4) is 11.1 Å². The highest BCUT2D eigenvalue weighted by Gasteiger charge is 2.51. The summed E-state index contributed by atoms with van der Waals surface area (Å²) in [7, 11) is 0. The quantitative estimate of drug-likeness (QED) is 0.767. The number of aliphatic hydroxyl groups is 1. The van der Waals surface area contributed by atoms with Crippen LogP contribution in [0.2, 0.25) is 0 Å². The minimum atomic E-state index is -0.729. The molecule has 3 heteroatoms. The van der Waals surface area contributed by atoms with E-state index in [2.05, 4.69) is 17.4 Å². The first-order chi connectivity index (χ1) is 9.73. The third-order valence-electron chi connectivity index (χ3n) is 4.54. The highest BCUT2D eigenvalue weighted by atomic mass is 16.3. The normalized spacial score (nSPS) is 22.2. The maximum atomic E-state index is 12.7. The SMILES string of the molecule is O=C1NC(O)CCC12c1ccccc1-c1ccccc12. The van der Waals surface area contributed by atoms with E-state index in [4.69, 9.17) is 0 Å². The second-order valence-corrected chi connectivity index (χ2v) is 5.52. The number of hydrogen-bond acceptors (Lipinski definition) is 2. The summed E-state index contributed by atoms with van der Waals surface area (Å²) < 4.78 is 0. The maximum Gasteiger partial charge on any atom is 0.237 e. The third kappa shape index (κ3) is 1.30. The van der Waals surface area contributed by atoms with E-state index in [1.165, 1.54) is 0 Å². The van der Waals surface area contributed by atoms with Gasteiger partial charge in [0.05, 0.1) is 0 Å². The molecule has 2 aliphatic rings. The molecular weight excluding hydrogens is 250 g/mol. The second kappa shape index (κ2) is 3.93. The Morgan fingerprint density at radius 2 is 1.55 bits per heavy atom. The first-order valence-corrected chi connectivity index (χ1v) is 6.92. The van der Waals surface area contributed by atoms with Crippen molar-refractivity contribution in [2.24, 2.45) is 0 Å². The van der Waals surface area contributed by atoms with Gasteiger partial charge >= 0.3 is 0 Å². The molecule has 1 spiro atoms. The van der Waals surface area contributed by atoms with Crippen molar-refractivity contribution in [2.45, 2.75) is 24.5 Å². The van der Waals surface area contributed by atoms with Gasteiger partial charge < -0.3 is 10.4 Å². The molecule has 0 aromatic heterocycles. The summed E-state index contributed by atoms with van der Waals surface area (Å²) in [5.41, 5.74) is 3.76. The molecule has 1 aliphatic carbocycles. The van der Waals surface area contributed by atoms with Crippen molar-refractivity contribution in [1.82, 2.24) is 5.32 Å². The lowest BCUT2D eigenvalue weighted by molar-refractivity contribution is -0.131. The van der Waals surface area contributed by atoms with Gasteiger partial charge in [-0.2, -0.15) is 0 Å². The number of amides is 1. The van der Waals surface area contributed by atoms with E-state index in [0.717, 1.165) is 22.3 Å². The largest absolute Gasteiger partial charge is 0.374 e. The molecule has 0 radical (unpaired) electrons. The number of nitrogens with one attached hydrogen (secondary N) is 1. The van der Waals surface area contributed by atoms with Crippen LogP contribution in [0.15, 0.2) is 48.5 Å². The zero-order chi connectivity index (χ0) is 13.7. The molecule has 1 heterocycles. The number of piperidine rings is 1. The zero-order valence-corrected chi connectivity index (χ0v) is 11.0. The standard InChI is InChI=1S/C17H15NO2/c19-15-9-10-17(16(20)18-15)13-7-3-1-5-11(13)12-6-2-4-8-14(12)17/h1-8,15,19H,9-10H2,(H,18,20). The van der Waals surface area contributed by atoms with Crippen molar-refractivity contribution in [2.75, 3.05) is 0 Å². The predicted octanol–water partition coefficient (Wildman–Crippen LogP) is 2.18. The van der Waals surface area contributed by atoms with Crippen LogP contribution in [0, 0.1) is 0 Å². The van der Waals surface area contributed by atoms with Crippen molar-refractivity contribution in [1.29, 1.82) is 0 Å². The van der Waals surface area contributed by atoms with E-state index in [9.17, 15) is 9.90 Å². The van der Waals surface area contributed by atoms with Crippen molar-refractivity contribution in [3.05, 3.63) is 59.7 Å². The summed E-state index contributed by atoms with van der Waals surface area (Å²) >= 11 is 0. The van der Waals surface area contributed by atoms with Crippen LogP contribution in [0.5, 0.6) is 0 Å². The molecule has 3 nitrogen and oxygen atoms in total. The van der Waals surface area contributed by atoms with Crippen molar-refractivity contribution >= 4 is 5.91 Å². The average Bonchev–Trinajstić information content (AvgIpc) is 2.76. The molecule has 1 atom stereocenters. The Bertz CT molecular complexity index is 662. The molecular formula is C17H15NO2. The van der Waals surface area contributed by atoms with Gasteiger partial charge in [-0.15, -0.1) is 0 Å². The number of fused-ring (bicyclic) bond motifs is 5. The van der Waals surface area contributed by atoms with Gasteiger partial charge in [0.25, 0.3) is 0 Å². The Morgan fingerprint density at radius 3 is 2.10 bits per heavy atom. The molecule has 2 aromatic rings. The minimum Gasteiger partial charge on any atom is -0.374 e. The van der Waals surface area contributed by atoms with Gasteiger partial charge in [0.1, 0.15) is 11.6 Å². The highest BCUT2D eigenvalue weighted by Crippen LogP contribution is 2.52. The lowest BCUT2D eigenvalue weighted by Gasteiger charge is -2.36. The van der Waals surface area contributed by atoms with Crippen LogP contribution in [-0.4, -0.2) is 17.2 Å². The van der Waals surface area contributed by atoms with Gasteiger partial charge in [0.15, 0.2) is 0 Å². The van der Waals surface area contributed by atoms with Crippen LogP contribution >= 0.6 is 0 Å². The van der Waals surface area contributed by atoms with Crippen molar-refractivity contribution in [3.63, 3.8) is 0 Å². The fourth-order valence-electron chi connectivity index (χ4n) is 3.65. The summed E-state index contributed by atoms with van der Waals surface area (Å²) in [5.74, 6) is -0.0892. The van der Waals surface area contributed by atoms with E-state index in [1.54, 1.807) is 0 Å². The molecule has 100 valence electrons. The fourth-order valence-corrected chi connectivity index (χ4v) is 3.65. The second-order valence-electron chi connectivity index (χ2n) is 5.52. The van der Waals surface area contributed by atoms with Gasteiger partial charge in [-0.1, -0.05) is 48.5 Å². The summed E-state index contributed by atoms with van der Waals surface area (Å²) in [6.45, 7) is 0. The summed E-state index contributed by atoms with van der Waals surface area (Å²) in [4.78, 5) is 12.7. The molecule has 1 fully saturated rings. The maximum absolute atomic E-state index is 12.7. The summed E-state index contributed by atoms with van der Waals surface area (Å²) in [5, 5.41) is 12.4. The van der Waals surface area contributed by atoms with E-state index < -0.39 is 11.6 Å². The molecule has 1 unspecified atom stereocenters. The third-order valence-corrected chi connectivity index (χ3v) is 4.54. The molecule has 4 rings (SSSR count). The first-order valence-electron chi connectivity index (χ1n) is 6.92. The van der Waals surface area contributed by atoms with Crippen LogP contribution < -0.4 is 5.32 Å². The number of carbonyl (C=O) groups is 1. The van der Waals surface area contributed by atoms with Gasteiger partial charge in [-0.05, 0) is 35.1 Å². The Balaban J connectivity index is 2.03. The Morgan fingerprint density at radius 1 is 1.00 bits per heavy atom. The molecule has 20 heavy (non-hydrogen) atoms. The Labute approximate surface area is 117 Å². The van der Waals surface area contributed by atoms with E-state index in [0.29, 0.717) is 12.8 Å². The highest BCUT2D eigenvalue weighted by molar-refractivity contribution is 6.01. The number of hydrogen-bond donors (Lipinski definition) is 2. The lowest BCUT2D eigenvalue weighted by atomic mass is 9.72. The molecule has 0 bridgehead atoms. The Hall–Kier alpha value is -2.13. The zero-order valence-electron chi connectivity index (χ0n) is 11.0. The topological polar surface area (TPSA) is 49.3 Å². The fraction of sp³-hybridized carbons (Fsp3) is 0.235.